The van der Waals surface area contributed by atoms with Gasteiger partial charge in [0.25, 0.3) is 0 Å². The molecule has 2 aliphatic rings. The van der Waals surface area contributed by atoms with E-state index in [-0.39, 0.29) is 11.6 Å². The van der Waals surface area contributed by atoms with Crippen molar-refractivity contribution in [2.24, 2.45) is 5.92 Å². The second kappa shape index (κ2) is 3.14. The summed E-state index contributed by atoms with van der Waals surface area (Å²) in [5.41, 5.74) is 3.43. The Kier molecular flexibility index (Phi) is 1.87. The van der Waals surface area contributed by atoms with E-state index >= 15 is 0 Å². The highest BCUT2D eigenvalue weighted by Gasteiger charge is 2.36. The van der Waals surface area contributed by atoms with E-state index in [9.17, 15) is 9.59 Å². The minimum absolute atomic E-state index is 0.280. The third-order valence-corrected chi connectivity index (χ3v) is 3.45. The summed E-state index contributed by atoms with van der Waals surface area (Å²) in [6, 6.07) is 7.44. The minimum Gasteiger partial charge on any atom is -0.285 e. The summed E-state index contributed by atoms with van der Waals surface area (Å²) in [7, 11) is 0. The molecule has 1 aromatic rings. The number of rotatable bonds is 0. The maximum atomic E-state index is 11.9. The van der Waals surface area contributed by atoms with Gasteiger partial charge in [0.15, 0.2) is 0 Å². The smallest absolute Gasteiger partial charge is 0.233 e. The molecule has 0 spiro atoms. The Morgan fingerprint density at radius 1 is 0.938 bits per heavy atom. The number of benzene rings is 1. The Labute approximate surface area is 94.0 Å². The first-order valence-electron chi connectivity index (χ1n) is 5.59. The molecule has 1 unspecified atom stereocenters. The molecular weight excluding hydrogens is 200 g/mol. The largest absolute Gasteiger partial charge is 0.285 e. The average Bonchev–Trinajstić information content (AvgIpc) is 2.68. The first kappa shape index (κ1) is 9.52. The average molecular weight is 212 g/mol. The Morgan fingerprint density at radius 3 is 2.31 bits per heavy atom. The second-order valence-corrected chi connectivity index (χ2v) is 4.67. The Bertz CT molecular complexity index is 537. The summed E-state index contributed by atoms with van der Waals surface area (Å²) >= 11 is 0. The van der Waals surface area contributed by atoms with Gasteiger partial charge in [-0.3, -0.25) is 9.59 Å². The lowest BCUT2D eigenvalue weighted by Crippen LogP contribution is -2.22. The molecule has 0 saturated heterocycles. The van der Waals surface area contributed by atoms with Crippen LogP contribution in [0.15, 0.2) is 29.8 Å². The third kappa shape index (κ3) is 1.13. The molecule has 0 aliphatic heterocycles. The summed E-state index contributed by atoms with van der Waals surface area (Å²) in [6.45, 7) is 2.12. The molecule has 0 amide bonds. The molecule has 3 rings (SSSR count). The Hall–Kier alpha value is -1.70. The maximum Gasteiger partial charge on any atom is 0.233 e. The topological polar surface area (TPSA) is 34.1 Å². The quantitative estimate of drug-likeness (QED) is 0.619. The standard InChI is InChI=1S/C14H12O2/c1-8-6-11-9-4-2-3-5-10(9)13(15)14(16)12(11)7-8/h2-5,8H,6-7H2,1H3. The van der Waals surface area contributed by atoms with Gasteiger partial charge in [-0.1, -0.05) is 31.2 Å². The van der Waals surface area contributed by atoms with Crippen LogP contribution in [-0.2, 0) is 4.79 Å². The molecular formula is C14H12O2. The first-order chi connectivity index (χ1) is 7.68. The van der Waals surface area contributed by atoms with Crippen LogP contribution in [0.3, 0.4) is 0 Å². The number of carbonyl (C=O) groups excluding carboxylic acids is 2. The lowest BCUT2D eigenvalue weighted by Gasteiger charge is -2.16. The van der Waals surface area contributed by atoms with Crippen molar-refractivity contribution in [3.63, 3.8) is 0 Å². The van der Waals surface area contributed by atoms with Gasteiger partial charge in [-0.25, -0.2) is 0 Å². The lowest BCUT2D eigenvalue weighted by atomic mass is 9.85. The fraction of sp³-hybridized carbons (Fsp3) is 0.286. The summed E-state index contributed by atoms with van der Waals surface area (Å²) < 4.78 is 0. The highest BCUT2D eigenvalue weighted by molar-refractivity contribution is 6.52. The summed E-state index contributed by atoms with van der Waals surface area (Å²) in [4.78, 5) is 23.8. The van der Waals surface area contributed by atoms with Crippen molar-refractivity contribution in [2.75, 3.05) is 0 Å². The van der Waals surface area contributed by atoms with E-state index in [1.807, 2.05) is 18.2 Å². The van der Waals surface area contributed by atoms with Crippen molar-refractivity contribution in [3.05, 3.63) is 41.0 Å². The van der Waals surface area contributed by atoms with E-state index in [4.69, 9.17) is 0 Å². The highest BCUT2D eigenvalue weighted by atomic mass is 16.2. The molecule has 0 saturated carbocycles. The molecule has 0 heterocycles. The highest BCUT2D eigenvalue weighted by Crippen LogP contribution is 2.42. The third-order valence-electron chi connectivity index (χ3n) is 3.45. The van der Waals surface area contributed by atoms with E-state index in [2.05, 4.69) is 6.92 Å². The Morgan fingerprint density at radius 2 is 1.56 bits per heavy atom. The van der Waals surface area contributed by atoms with E-state index in [1.54, 1.807) is 6.07 Å². The van der Waals surface area contributed by atoms with Crippen molar-refractivity contribution in [1.82, 2.24) is 0 Å². The van der Waals surface area contributed by atoms with Gasteiger partial charge in [0.1, 0.15) is 0 Å². The van der Waals surface area contributed by atoms with Crippen LogP contribution < -0.4 is 0 Å². The van der Waals surface area contributed by atoms with Gasteiger partial charge < -0.3 is 0 Å². The van der Waals surface area contributed by atoms with Gasteiger partial charge in [-0.05, 0) is 29.9 Å². The van der Waals surface area contributed by atoms with Crippen LogP contribution in [0.1, 0.15) is 35.7 Å². The summed E-state index contributed by atoms with van der Waals surface area (Å²) in [6.07, 6.45) is 1.68. The van der Waals surface area contributed by atoms with Crippen LogP contribution >= 0.6 is 0 Å². The van der Waals surface area contributed by atoms with Gasteiger partial charge in [0.2, 0.25) is 11.6 Å². The van der Waals surface area contributed by atoms with Gasteiger partial charge in [-0.15, -0.1) is 0 Å². The number of allylic oxidation sites excluding steroid dienone is 2. The van der Waals surface area contributed by atoms with Crippen LogP contribution in [0.4, 0.5) is 0 Å². The zero-order valence-corrected chi connectivity index (χ0v) is 9.12. The number of ketones is 2. The van der Waals surface area contributed by atoms with Crippen molar-refractivity contribution < 1.29 is 9.59 Å². The lowest BCUT2D eigenvalue weighted by molar-refractivity contribution is -0.112. The summed E-state index contributed by atoms with van der Waals surface area (Å²) in [5, 5.41) is 0. The summed E-state index contributed by atoms with van der Waals surface area (Å²) in [5.74, 6) is -0.130. The molecule has 0 bridgehead atoms. The fourth-order valence-electron chi connectivity index (χ4n) is 2.72. The minimum atomic E-state index is -0.330. The van der Waals surface area contributed by atoms with Crippen molar-refractivity contribution >= 4 is 17.1 Å². The molecule has 1 atom stereocenters. The van der Waals surface area contributed by atoms with Crippen LogP contribution in [0.2, 0.25) is 0 Å². The molecule has 1 aromatic carbocycles. The van der Waals surface area contributed by atoms with Crippen LogP contribution in [0, 0.1) is 5.92 Å². The second-order valence-electron chi connectivity index (χ2n) is 4.67. The van der Waals surface area contributed by atoms with Gasteiger partial charge in [0.05, 0.1) is 0 Å². The number of Topliss-reactive ketones (excluding diaryl/α,β-unsaturated/α-hetero) is 2. The number of carbonyl (C=O) groups is 2. The van der Waals surface area contributed by atoms with Gasteiger partial charge in [0, 0.05) is 11.1 Å². The maximum absolute atomic E-state index is 11.9. The van der Waals surface area contributed by atoms with Crippen LogP contribution in [0.5, 0.6) is 0 Å². The molecule has 0 aromatic heterocycles. The van der Waals surface area contributed by atoms with Crippen molar-refractivity contribution in [1.29, 1.82) is 0 Å². The van der Waals surface area contributed by atoms with Gasteiger partial charge >= 0.3 is 0 Å². The molecule has 2 aliphatic carbocycles. The molecule has 0 N–H and O–H groups in total. The van der Waals surface area contributed by atoms with E-state index < -0.39 is 0 Å². The van der Waals surface area contributed by atoms with E-state index in [0.29, 0.717) is 11.5 Å². The number of hydrogen-bond donors (Lipinski definition) is 0. The molecule has 0 radical (unpaired) electrons. The Balaban J connectivity index is 2.26. The van der Waals surface area contributed by atoms with Crippen molar-refractivity contribution in [3.8, 4) is 0 Å². The zero-order chi connectivity index (χ0) is 11.3. The van der Waals surface area contributed by atoms with Crippen LogP contribution in [0.25, 0.3) is 5.57 Å². The van der Waals surface area contributed by atoms with Crippen LogP contribution in [-0.4, -0.2) is 11.6 Å². The molecule has 2 heteroatoms. The zero-order valence-electron chi connectivity index (χ0n) is 9.12. The van der Waals surface area contributed by atoms with E-state index in [1.165, 1.54) is 0 Å². The predicted molar refractivity (Wildman–Crippen MR) is 61.1 cm³/mol. The first-order valence-corrected chi connectivity index (χ1v) is 5.59. The number of fused-ring (bicyclic) bond motifs is 2. The molecule has 16 heavy (non-hydrogen) atoms. The number of hydrogen-bond acceptors (Lipinski definition) is 2. The molecule has 80 valence electrons. The SMILES string of the molecule is CC1CC2=C(C1)c1ccccc1C(=O)C2=O. The van der Waals surface area contributed by atoms with Crippen molar-refractivity contribution in [2.45, 2.75) is 19.8 Å². The van der Waals surface area contributed by atoms with Gasteiger partial charge in [-0.2, -0.15) is 0 Å². The molecule has 0 fully saturated rings. The monoisotopic (exact) mass is 212 g/mol. The van der Waals surface area contributed by atoms with E-state index in [0.717, 1.165) is 29.6 Å². The predicted octanol–water partition coefficient (Wildman–Crippen LogP) is 2.64. The fourth-order valence-corrected chi connectivity index (χ4v) is 2.72. The normalized spacial score (nSPS) is 23.4. The molecule has 2 nitrogen and oxygen atoms in total.